The van der Waals surface area contributed by atoms with Crippen LogP contribution in [-0.4, -0.2) is 53.4 Å². The minimum absolute atomic E-state index is 0.111. The number of nitrogens with one attached hydrogen (secondary N) is 1. The van der Waals surface area contributed by atoms with Crippen molar-refractivity contribution in [3.05, 3.63) is 29.6 Å². The standard InChI is InChI=1S/C19H26FN3O4/c1-5-22(12-13-8-9-15(27-4)14(20)11-13)16(24)7-6-10-23-17(25)19(2,3)21-18(23)26/h8-9,11H,5-7,10,12H2,1-4H3,(H,21,26). The number of hydrogen-bond acceptors (Lipinski definition) is 4. The van der Waals surface area contributed by atoms with Gasteiger partial charge in [-0.3, -0.25) is 14.5 Å². The van der Waals surface area contributed by atoms with Crippen molar-refractivity contribution in [1.29, 1.82) is 0 Å². The predicted molar refractivity (Wildman–Crippen MR) is 97.6 cm³/mol. The fourth-order valence-electron chi connectivity index (χ4n) is 2.97. The lowest BCUT2D eigenvalue weighted by atomic mass is 10.1. The number of halogens is 1. The largest absolute Gasteiger partial charge is 0.494 e. The van der Waals surface area contributed by atoms with Crippen molar-refractivity contribution in [2.24, 2.45) is 0 Å². The number of rotatable bonds is 8. The van der Waals surface area contributed by atoms with Gasteiger partial charge in [0.1, 0.15) is 5.54 Å². The number of carbonyl (C=O) groups is 3. The van der Waals surface area contributed by atoms with Crippen LogP contribution >= 0.6 is 0 Å². The molecule has 0 saturated carbocycles. The number of methoxy groups -OCH3 is 1. The summed E-state index contributed by atoms with van der Waals surface area (Å²) in [5.74, 6) is -0.717. The van der Waals surface area contributed by atoms with Crippen molar-refractivity contribution in [3.8, 4) is 5.75 Å². The van der Waals surface area contributed by atoms with Crippen LogP contribution in [0.5, 0.6) is 5.75 Å². The van der Waals surface area contributed by atoms with E-state index in [9.17, 15) is 18.8 Å². The van der Waals surface area contributed by atoms with E-state index in [4.69, 9.17) is 4.74 Å². The Bertz CT molecular complexity index is 736. The number of carbonyl (C=O) groups excluding carboxylic acids is 3. The van der Waals surface area contributed by atoms with E-state index >= 15 is 0 Å². The van der Waals surface area contributed by atoms with Gasteiger partial charge in [-0.05, 0) is 44.9 Å². The second-order valence-corrected chi connectivity index (χ2v) is 6.99. The highest BCUT2D eigenvalue weighted by Gasteiger charge is 2.43. The average molecular weight is 379 g/mol. The molecule has 1 saturated heterocycles. The maximum atomic E-state index is 13.8. The number of hydrogen-bond donors (Lipinski definition) is 1. The summed E-state index contributed by atoms with van der Waals surface area (Å²) < 4.78 is 18.7. The first-order chi connectivity index (χ1) is 12.7. The molecule has 0 aromatic heterocycles. The second kappa shape index (κ2) is 8.37. The van der Waals surface area contributed by atoms with Gasteiger partial charge in [-0.2, -0.15) is 0 Å². The summed E-state index contributed by atoms with van der Waals surface area (Å²) in [6.45, 7) is 6.08. The molecule has 148 valence electrons. The number of nitrogens with zero attached hydrogens (tertiary/aromatic N) is 2. The van der Waals surface area contributed by atoms with Gasteiger partial charge in [0, 0.05) is 26.1 Å². The molecule has 1 aromatic rings. The van der Waals surface area contributed by atoms with Crippen LogP contribution in [0, 0.1) is 5.82 Å². The molecule has 0 spiro atoms. The third kappa shape index (κ3) is 4.75. The molecule has 1 aromatic carbocycles. The Hall–Kier alpha value is -2.64. The Morgan fingerprint density at radius 1 is 1.33 bits per heavy atom. The summed E-state index contributed by atoms with van der Waals surface area (Å²) >= 11 is 0. The maximum Gasteiger partial charge on any atom is 0.325 e. The van der Waals surface area contributed by atoms with Crippen LogP contribution in [-0.2, 0) is 16.1 Å². The Kier molecular flexibility index (Phi) is 6.41. The lowest BCUT2D eigenvalue weighted by Gasteiger charge is -2.22. The van der Waals surface area contributed by atoms with E-state index in [1.807, 2.05) is 6.92 Å². The van der Waals surface area contributed by atoms with Crippen LogP contribution < -0.4 is 10.1 Å². The van der Waals surface area contributed by atoms with Gasteiger partial charge in [0.2, 0.25) is 5.91 Å². The van der Waals surface area contributed by atoms with E-state index in [2.05, 4.69) is 5.32 Å². The Morgan fingerprint density at radius 2 is 2.04 bits per heavy atom. The molecule has 0 unspecified atom stereocenters. The zero-order valence-electron chi connectivity index (χ0n) is 16.2. The fraction of sp³-hybridized carbons (Fsp3) is 0.526. The fourth-order valence-corrected chi connectivity index (χ4v) is 2.97. The molecule has 1 N–H and O–H groups in total. The van der Waals surface area contributed by atoms with E-state index in [1.54, 1.807) is 24.8 Å². The van der Waals surface area contributed by atoms with Crippen LogP contribution in [0.4, 0.5) is 9.18 Å². The average Bonchev–Trinajstić information content (AvgIpc) is 2.81. The quantitative estimate of drug-likeness (QED) is 0.703. The molecular weight excluding hydrogens is 353 g/mol. The maximum absolute atomic E-state index is 13.8. The minimum Gasteiger partial charge on any atom is -0.494 e. The van der Waals surface area contributed by atoms with Crippen LogP contribution in [0.2, 0.25) is 0 Å². The molecule has 0 radical (unpaired) electrons. The lowest BCUT2D eigenvalue weighted by molar-refractivity contribution is -0.133. The van der Waals surface area contributed by atoms with Gasteiger partial charge in [0.15, 0.2) is 11.6 Å². The van der Waals surface area contributed by atoms with E-state index in [0.717, 1.165) is 4.90 Å². The molecule has 0 bridgehead atoms. The van der Waals surface area contributed by atoms with Gasteiger partial charge in [0.05, 0.1) is 7.11 Å². The molecule has 27 heavy (non-hydrogen) atoms. The van der Waals surface area contributed by atoms with Gasteiger partial charge in [-0.1, -0.05) is 6.07 Å². The first kappa shape index (κ1) is 20.7. The molecule has 1 heterocycles. The molecule has 1 fully saturated rings. The van der Waals surface area contributed by atoms with Crippen LogP contribution in [0.25, 0.3) is 0 Å². The molecule has 4 amide bonds. The smallest absolute Gasteiger partial charge is 0.325 e. The summed E-state index contributed by atoms with van der Waals surface area (Å²) in [6.07, 6.45) is 0.575. The Labute approximate surface area is 158 Å². The van der Waals surface area contributed by atoms with Gasteiger partial charge in [0.25, 0.3) is 5.91 Å². The van der Waals surface area contributed by atoms with Crippen LogP contribution in [0.15, 0.2) is 18.2 Å². The topological polar surface area (TPSA) is 79.0 Å². The van der Waals surface area contributed by atoms with Crippen molar-refractivity contribution in [3.63, 3.8) is 0 Å². The molecule has 1 aliphatic rings. The van der Waals surface area contributed by atoms with Gasteiger partial charge >= 0.3 is 6.03 Å². The zero-order chi connectivity index (χ0) is 20.2. The van der Waals surface area contributed by atoms with Crippen molar-refractivity contribution < 1.29 is 23.5 Å². The highest BCUT2D eigenvalue weighted by Crippen LogP contribution is 2.20. The van der Waals surface area contributed by atoms with Crippen molar-refractivity contribution >= 4 is 17.8 Å². The molecule has 2 rings (SSSR count). The number of amides is 4. The highest BCUT2D eigenvalue weighted by atomic mass is 19.1. The number of urea groups is 1. The van der Waals surface area contributed by atoms with E-state index in [-0.39, 0.29) is 37.1 Å². The molecular formula is C19H26FN3O4. The Balaban J connectivity index is 1.89. The van der Waals surface area contributed by atoms with Crippen LogP contribution in [0.1, 0.15) is 39.2 Å². The molecule has 0 aliphatic carbocycles. The van der Waals surface area contributed by atoms with Gasteiger partial charge in [-0.25, -0.2) is 9.18 Å². The number of imide groups is 1. The summed E-state index contributed by atoms with van der Waals surface area (Å²) in [5, 5.41) is 2.61. The highest BCUT2D eigenvalue weighted by molar-refractivity contribution is 6.06. The minimum atomic E-state index is -0.908. The van der Waals surface area contributed by atoms with Gasteiger partial charge < -0.3 is 15.0 Å². The van der Waals surface area contributed by atoms with E-state index in [1.165, 1.54) is 19.2 Å². The summed E-state index contributed by atoms with van der Waals surface area (Å²) in [6, 6.07) is 4.16. The first-order valence-electron chi connectivity index (χ1n) is 8.94. The summed E-state index contributed by atoms with van der Waals surface area (Å²) in [7, 11) is 1.40. The number of ether oxygens (including phenoxy) is 1. The van der Waals surface area contributed by atoms with Gasteiger partial charge in [-0.15, -0.1) is 0 Å². The molecule has 1 aliphatic heterocycles. The SMILES string of the molecule is CCN(Cc1ccc(OC)c(F)c1)C(=O)CCCN1C(=O)NC(C)(C)C1=O. The monoisotopic (exact) mass is 379 g/mol. The zero-order valence-corrected chi connectivity index (χ0v) is 16.2. The molecule has 0 atom stereocenters. The van der Waals surface area contributed by atoms with Crippen molar-refractivity contribution in [1.82, 2.24) is 15.1 Å². The molecule has 7 nitrogen and oxygen atoms in total. The third-order valence-corrected chi connectivity index (χ3v) is 4.54. The normalized spacial score (nSPS) is 15.7. The van der Waals surface area contributed by atoms with E-state index in [0.29, 0.717) is 18.5 Å². The van der Waals surface area contributed by atoms with Crippen molar-refractivity contribution in [2.75, 3.05) is 20.2 Å². The predicted octanol–water partition coefficient (Wildman–Crippen LogP) is 2.29. The van der Waals surface area contributed by atoms with Crippen molar-refractivity contribution in [2.45, 2.75) is 45.7 Å². The Morgan fingerprint density at radius 3 is 2.56 bits per heavy atom. The summed E-state index contributed by atoms with van der Waals surface area (Å²) in [4.78, 5) is 39.2. The van der Waals surface area contributed by atoms with Crippen LogP contribution in [0.3, 0.4) is 0 Å². The second-order valence-electron chi connectivity index (χ2n) is 6.99. The third-order valence-electron chi connectivity index (χ3n) is 4.54. The molecule has 8 heteroatoms. The van der Waals surface area contributed by atoms with E-state index < -0.39 is 17.4 Å². The number of benzene rings is 1. The summed E-state index contributed by atoms with van der Waals surface area (Å²) in [5.41, 5.74) is -0.242. The lowest BCUT2D eigenvalue weighted by Crippen LogP contribution is -2.40. The first-order valence-corrected chi connectivity index (χ1v) is 8.94.